The summed E-state index contributed by atoms with van der Waals surface area (Å²) in [5.74, 6) is -1.04. The molecule has 1 aromatic heterocycles. The van der Waals surface area contributed by atoms with Crippen molar-refractivity contribution in [3.8, 4) is 11.8 Å². The van der Waals surface area contributed by atoms with Gasteiger partial charge in [-0.2, -0.15) is 18.4 Å². The second-order valence-electron chi connectivity index (χ2n) is 2.20. The predicted octanol–water partition coefficient (Wildman–Crippen LogP) is 1.68. The number of pyridine rings is 1. The van der Waals surface area contributed by atoms with Gasteiger partial charge in [0.2, 0.25) is 0 Å². The number of aromatic hydroxyl groups is 1. The molecule has 0 atom stereocenters. The Hall–Kier alpha value is -1.77. The average molecular weight is 188 g/mol. The van der Waals surface area contributed by atoms with Crippen molar-refractivity contribution < 1.29 is 18.3 Å². The molecule has 1 rings (SSSR count). The van der Waals surface area contributed by atoms with Gasteiger partial charge in [-0.1, -0.05) is 0 Å². The summed E-state index contributed by atoms with van der Waals surface area (Å²) >= 11 is 0. The molecular formula is C7H3F3N2O. The van der Waals surface area contributed by atoms with Crippen LogP contribution in [0.25, 0.3) is 0 Å². The first-order valence-electron chi connectivity index (χ1n) is 3.11. The van der Waals surface area contributed by atoms with Crippen molar-refractivity contribution in [1.82, 2.24) is 4.98 Å². The number of hydrogen-bond donors (Lipinski definition) is 1. The molecule has 0 bridgehead atoms. The Balaban J connectivity index is 3.23. The summed E-state index contributed by atoms with van der Waals surface area (Å²) in [4.78, 5) is 2.92. The third-order valence-electron chi connectivity index (χ3n) is 1.27. The van der Waals surface area contributed by atoms with Crippen LogP contribution in [-0.2, 0) is 6.18 Å². The smallest absolute Gasteiger partial charge is 0.437 e. The molecule has 0 aliphatic heterocycles. The van der Waals surface area contributed by atoms with E-state index in [1.807, 2.05) is 0 Å². The number of halogens is 3. The van der Waals surface area contributed by atoms with E-state index in [2.05, 4.69) is 4.98 Å². The summed E-state index contributed by atoms with van der Waals surface area (Å²) < 4.78 is 35.9. The molecule has 1 N–H and O–H groups in total. The molecule has 1 aromatic rings. The van der Waals surface area contributed by atoms with Crippen LogP contribution >= 0.6 is 0 Å². The molecule has 1 heterocycles. The minimum Gasteiger partial charge on any atom is -0.506 e. The Kier molecular flexibility index (Phi) is 2.10. The number of hydrogen-bond acceptors (Lipinski definition) is 3. The van der Waals surface area contributed by atoms with E-state index in [0.29, 0.717) is 0 Å². The molecule has 0 fully saturated rings. The van der Waals surface area contributed by atoms with Gasteiger partial charge in [0.05, 0.1) is 5.56 Å². The molecule has 0 aromatic carbocycles. The zero-order valence-corrected chi connectivity index (χ0v) is 6.13. The van der Waals surface area contributed by atoms with E-state index >= 15 is 0 Å². The first-order chi connectivity index (χ1) is 5.95. The molecule has 0 saturated heterocycles. The summed E-state index contributed by atoms with van der Waals surface area (Å²) in [5.41, 5.74) is -1.50. The summed E-state index contributed by atoms with van der Waals surface area (Å²) in [6.07, 6.45) is -3.94. The van der Waals surface area contributed by atoms with Gasteiger partial charge in [-0.25, -0.2) is 4.98 Å². The van der Waals surface area contributed by atoms with Crippen LogP contribution in [0.3, 0.4) is 0 Å². The van der Waals surface area contributed by atoms with Crippen LogP contribution in [0.5, 0.6) is 5.75 Å². The van der Waals surface area contributed by atoms with Gasteiger partial charge in [0, 0.05) is 12.3 Å². The monoisotopic (exact) mass is 188 g/mol. The van der Waals surface area contributed by atoms with Crippen LogP contribution in [0.15, 0.2) is 12.3 Å². The van der Waals surface area contributed by atoms with Gasteiger partial charge < -0.3 is 5.11 Å². The molecule has 3 nitrogen and oxygen atoms in total. The fourth-order valence-corrected chi connectivity index (χ4v) is 0.733. The van der Waals surface area contributed by atoms with E-state index < -0.39 is 17.6 Å². The highest BCUT2D eigenvalue weighted by Gasteiger charge is 2.35. The number of nitriles is 1. The molecule has 0 spiro atoms. The Morgan fingerprint density at radius 2 is 2.08 bits per heavy atom. The zero-order valence-electron chi connectivity index (χ0n) is 6.13. The van der Waals surface area contributed by atoms with Gasteiger partial charge in [0.15, 0.2) is 5.69 Å². The minimum atomic E-state index is -4.70. The lowest BCUT2D eigenvalue weighted by atomic mass is 10.2. The SMILES string of the molecule is N#Cc1cnc(C(F)(F)F)c(O)c1. The molecule has 0 saturated carbocycles. The highest BCUT2D eigenvalue weighted by Crippen LogP contribution is 2.33. The number of aromatic nitrogens is 1. The Bertz CT molecular complexity index is 367. The lowest BCUT2D eigenvalue weighted by Crippen LogP contribution is -2.08. The lowest BCUT2D eigenvalue weighted by Gasteiger charge is -2.06. The third kappa shape index (κ3) is 1.87. The van der Waals surface area contributed by atoms with Crippen molar-refractivity contribution in [2.45, 2.75) is 6.18 Å². The van der Waals surface area contributed by atoms with Gasteiger partial charge in [0.25, 0.3) is 0 Å². The maximum absolute atomic E-state index is 12.0. The van der Waals surface area contributed by atoms with Crippen LogP contribution in [0.1, 0.15) is 11.3 Å². The first-order valence-corrected chi connectivity index (χ1v) is 3.11. The molecule has 0 aliphatic carbocycles. The fraction of sp³-hybridized carbons (Fsp3) is 0.143. The van der Waals surface area contributed by atoms with Crippen molar-refractivity contribution in [1.29, 1.82) is 5.26 Å². The van der Waals surface area contributed by atoms with Crippen LogP contribution in [0.4, 0.5) is 13.2 Å². The molecule has 0 aliphatic rings. The molecule has 68 valence electrons. The maximum Gasteiger partial charge on any atom is 0.437 e. The summed E-state index contributed by atoms with van der Waals surface area (Å²) in [6, 6.07) is 2.27. The summed E-state index contributed by atoms with van der Waals surface area (Å²) in [5, 5.41) is 17.1. The van der Waals surface area contributed by atoms with Gasteiger partial charge >= 0.3 is 6.18 Å². The molecular weight excluding hydrogens is 185 g/mol. The van der Waals surface area contributed by atoms with Gasteiger partial charge in [-0.3, -0.25) is 0 Å². The molecule has 0 amide bonds. The Morgan fingerprint density at radius 1 is 1.46 bits per heavy atom. The van der Waals surface area contributed by atoms with Gasteiger partial charge in [0.1, 0.15) is 11.8 Å². The zero-order chi connectivity index (χ0) is 10.1. The molecule has 13 heavy (non-hydrogen) atoms. The standard InChI is InChI=1S/C7H3F3N2O/c8-7(9,10)6-5(13)1-4(2-11)3-12-6/h1,3,13H. The highest BCUT2D eigenvalue weighted by molar-refractivity contribution is 5.37. The van der Waals surface area contributed by atoms with Crippen LogP contribution < -0.4 is 0 Å². The van der Waals surface area contributed by atoms with Crippen molar-refractivity contribution >= 4 is 0 Å². The largest absolute Gasteiger partial charge is 0.506 e. The second-order valence-corrected chi connectivity index (χ2v) is 2.20. The van der Waals surface area contributed by atoms with Crippen molar-refractivity contribution in [3.05, 3.63) is 23.5 Å². The van der Waals surface area contributed by atoms with Crippen LogP contribution in [0.2, 0.25) is 0 Å². The van der Waals surface area contributed by atoms with E-state index in [4.69, 9.17) is 10.4 Å². The Morgan fingerprint density at radius 3 is 2.46 bits per heavy atom. The minimum absolute atomic E-state index is 0.120. The van der Waals surface area contributed by atoms with Crippen molar-refractivity contribution in [2.24, 2.45) is 0 Å². The summed E-state index contributed by atoms with van der Waals surface area (Å²) in [7, 11) is 0. The van der Waals surface area contributed by atoms with Gasteiger partial charge in [-0.05, 0) is 0 Å². The molecule has 0 unspecified atom stereocenters. The Labute approximate surface area is 71.1 Å². The highest BCUT2D eigenvalue weighted by atomic mass is 19.4. The van der Waals surface area contributed by atoms with Crippen LogP contribution in [0, 0.1) is 11.3 Å². The van der Waals surface area contributed by atoms with E-state index in [9.17, 15) is 13.2 Å². The van der Waals surface area contributed by atoms with E-state index in [-0.39, 0.29) is 5.56 Å². The number of alkyl halides is 3. The van der Waals surface area contributed by atoms with E-state index in [1.54, 1.807) is 6.07 Å². The maximum atomic E-state index is 12.0. The topological polar surface area (TPSA) is 56.9 Å². The normalized spacial score (nSPS) is 10.9. The summed E-state index contributed by atoms with van der Waals surface area (Å²) in [6.45, 7) is 0. The van der Waals surface area contributed by atoms with Crippen molar-refractivity contribution in [3.63, 3.8) is 0 Å². The second kappa shape index (κ2) is 2.94. The fourth-order valence-electron chi connectivity index (χ4n) is 0.733. The lowest BCUT2D eigenvalue weighted by molar-refractivity contribution is -0.142. The quantitative estimate of drug-likeness (QED) is 0.673. The van der Waals surface area contributed by atoms with Crippen LogP contribution in [-0.4, -0.2) is 10.1 Å². The third-order valence-corrected chi connectivity index (χ3v) is 1.27. The van der Waals surface area contributed by atoms with E-state index in [1.165, 1.54) is 0 Å². The van der Waals surface area contributed by atoms with Crippen molar-refractivity contribution in [2.75, 3.05) is 0 Å². The predicted molar refractivity (Wildman–Crippen MR) is 35.6 cm³/mol. The van der Waals surface area contributed by atoms with E-state index in [0.717, 1.165) is 12.3 Å². The average Bonchev–Trinajstić information content (AvgIpc) is 2.01. The number of rotatable bonds is 0. The first kappa shape index (κ1) is 9.32. The van der Waals surface area contributed by atoms with Gasteiger partial charge in [-0.15, -0.1) is 0 Å². The molecule has 0 radical (unpaired) electrons. The number of nitrogens with zero attached hydrogens (tertiary/aromatic N) is 2. The molecule has 6 heteroatoms.